The van der Waals surface area contributed by atoms with Crippen LogP contribution in [0.2, 0.25) is 0 Å². The number of para-hydroxylation sites is 5. The number of fused-ring (bicyclic) bond motifs is 19. The highest BCUT2D eigenvalue weighted by Crippen LogP contribution is 2.54. The maximum Gasteiger partial charge on any atom is 0.257 e. The Labute approximate surface area is 584 Å². The summed E-state index contributed by atoms with van der Waals surface area (Å²) in [5, 5.41) is 8.93. The van der Waals surface area contributed by atoms with Gasteiger partial charge < -0.3 is 27.8 Å². The van der Waals surface area contributed by atoms with Crippen LogP contribution in [0.5, 0.6) is 0 Å². The highest BCUT2D eigenvalue weighted by Gasteiger charge is 2.48. The van der Waals surface area contributed by atoms with Gasteiger partial charge in [0.25, 0.3) is 6.71 Å². The topological polar surface area (TPSA) is 42.6 Å². The second kappa shape index (κ2) is 21.8. The Morgan fingerprint density at radius 3 is 1.39 bits per heavy atom. The number of rotatable bonds is 8. The van der Waals surface area contributed by atoms with Crippen LogP contribution in [0.3, 0.4) is 0 Å². The van der Waals surface area contributed by atoms with Crippen LogP contribution >= 0.6 is 0 Å². The highest BCUT2D eigenvalue weighted by molar-refractivity contribution is 7.02. The van der Waals surface area contributed by atoms with Gasteiger partial charge in [0.15, 0.2) is 5.58 Å². The lowest BCUT2D eigenvalue weighted by Crippen LogP contribution is -2.61. The maximum absolute atomic E-state index is 7.71. The molecule has 7 heteroatoms. The fourth-order valence-electron chi connectivity index (χ4n) is 17.1. The first kappa shape index (κ1) is 57.3. The third kappa shape index (κ3) is 8.60. The zero-order valence-electron chi connectivity index (χ0n) is 55.9. The van der Waals surface area contributed by atoms with Crippen molar-refractivity contribution in [3.8, 4) is 55.9 Å². The van der Waals surface area contributed by atoms with E-state index in [2.05, 4.69) is 367 Å². The summed E-state index contributed by atoms with van der Waals surface area (Å²) >= 11 is 0. The van der Waals surface area contributed by atoms with Crippen LogP contribution in [0.1, 0.15) is 26.3 Å². The fraction of sp³-hybridized carbons (Fsp3) is 0.0426. The lowest BCUT2D eigenvalue weighted by molar-refractivity contribution is 0.591. The third-order valence-electron chi connectivity index (χ3n) is 21.6. The van der Waals surface area contributed by atoms with Crippen molar-refractivity contribution >= 4 is 145 Å². The summed E-state index contributed by atoms with van der Waals surface area (Å²) in [6.45, 7) is 6.52. The van der Waals surface area contributed by atoms with Gasteiger partial charge in [-0.15, -0.1) is 0 Å². The van der Waals surface area contributed by atoms with E-state index in [1.807, 2.05) is 0 Å². The molecule has 474 valence electrons. The minimum absolute atomic E-state index is 0.0810. The molecule has 0 N–H and O–H groups in total. The number of benzene rings is 15. The minimum atomic E-state index is -0.421. The molecule has 21 rings (SSSR count). The zero-order chi connectivity index (χ0) is 66.8. The monoisotopic (exact) mass is 1290 g/mol. The first-order chi connectivity index (χ1) is 49.8. The van der Waals surface area contributed by atoms with Gasteiger partial charge in [0.1, 0.15) is 16.7 Å². The Hall–Kier alpha value is -12.8. The average Bonchev–Trinajstić information content (AvgIpc) is 1.67. The van der Waals surface area contributed by atoms with Gasteiger partial charge in [0.2, 0.25) is 0 Å². The summed E-state index contributed by atoms with van der Waals surface area (Å²) in [6, 6.07) is 121. The molecule has 0 radical (unpaired) electrons. The summed E-state index contributed by atoms with van der Waals surface area (Å²) in [5.74, 6) is 0. The standard InChI is InChI=1S/C94H63BN4O2/c1-94(2,3)65-45-49-81-75(54-65)74-53-62(58-26-8-4-9-27-58)44-48-80(74)96(81)66-46-47-76-82(55-66)99(77-39-21-16-34-69(77)61-32-14-7-15-33-61)84-57-68(97-78-40-22-17-35-70(78)71-36-18-23-41-79(71)97)56-83-89(84)95(76)90-91(93-88(73-38-20-25-43-86(73)101-93)87-72-37-19-24-42-85(72)100-92(87)90)98(83)67-51-63(59-28-10-5-11-29-59)50-64(52-67)60-30-12-6-13-31-60/h4-57H,1-3H3. The molecule has 2 aliphatic rings. The molecule has 0 bridgehead atoms. The quantitative estimate of drug-likeness (QED) is 0.142. The predicted octanol–water partition coefficient (Wildman–Crippen LogP) is 23.7. The van der Waals surface area contributed by atoms with E-state index >= 15 is 0 Å². The number of furan rings is 2. The molecule has 101 heavy (non-hydrogen) atoms. The normalized spacial score (nSPS) is 12.8. The van der Waals surface area contributed by atoms with E-state index in [0.29, 0.717) is 0 Å². The van der Waals surface area contributed by atoms with E-state index in [1.54, 1.807) is 0 Å². The van der Waals surface area contributed by atoms with Crippen LogP contribution in [-0.4, -0.2) is 15.8 Å². The van der Waals surface area contributed by atoms with Crippen LogP contribution in [0, 0.1) is 0 Å². The van der Waals surface area contributed by atoms with Crippen molar-refractivity contribution in [2.45, 2.75) is 26.2 Å². The molecule has 19 aromatic rings. The van der Waals surface area contributed by atoms with Crippen LogP contribution in [0.4, 0.5) is 34.1 Å². The average molecular weight is 1290 g/mol. The van der Waals surface area contributed by atoms with Gasteiger partial charge in [0.05, 0.1) is 39.1 Å². The van der Waals surface area contributed by atoms with Gasteiger partial charge in [-0.05, 0) is 158 Å². The van der Waals surface area contributed by atoms with E-state index in [-0.39, 0.29) is 5.41 Å². The van der Waals surface area contributed by atoms with Crippen LogP contribution in [0.25, 0.3) is 143 Å². The van der Waals surface area contributed by atoms with E-state index < -0.39 is 6.71 Å². The number of aromatic nitrogens is 2. The van der Waals surface area contributed by atoms with E-state index in [0.717, 1.165) is 161 Å². The van der Waals surface area contributed by atoms with E-state index in [9.17, 15) is 0 Å². The number of hydrogen-bond donors (Lipinski definition) is 0. The summed E-state index contributed by atoms with van der Waals surface area (Å²) in [7, 11) is 0. The molecule has 0 saturated carbocycles. The molecule has 0 spiro atoms. The summed E-state index contributed by atoms with van der Waals surface area (Å²) in [6.07, 6.45) is 0. The van der Waals surface area contributed by atoms with Crippen molar-refractivity contribution < 1.29 is 8.83 Å². The van der Waals surface area contributed by atoms with E-state index in [1.165, 1.54) is 38.2 Å². The number of nitrogens with zero attached hydrogens (tertiary/aromatic N) is 4. The lowest BCUT2D eigenvalue weighted by atomic mass is 9.33. The Balaban J connectivity index is 0.953. The molecule has 6 heterocycles. The molecule has 0 aliphatic carbocycles. The molecule has 6 nitrogen and oxygen atoms in total. The largest absolute Gasteiger partial charge is 0.456 e. The summed E-state index contributed by atoms with van der Waals surface area (Å²) in [4.78, 5) is 5.17. The minimum Gasteiger partial charge on any atom is -0.456 e. The molecule has 0 fully saturated rings. The van der Waals surface area contributed by atoms with Gasteiger partial charge in [-0.3, -0.25) is 0 Å². The van der Waals surface area contributed by atoms with Gasteiger partial charge in [-0.2, -0.15) is 0 Å². The predicted molar refractivity (Wildman–Crippen MR) is 424 cm³/mol. The third-order valence-corrected chi connectivity index (χ3v) is 21.6. The van der Waals surface area contributed by atoms with Gasteiger partial charge in [-0.25, -0.2) is 0 Å². The van der Waals surface area contributed by atoms with Gasteiger partial charge in [-0.1, -0.05) is 251 Å². The molecule has 0 unspecified atom stereocenters. The Morgan fingerprint density at radius 1 is 0.287 bits per heavy atom. The Morgan fingerprint density at radius 2 is 0.762 bits per heavy atom. The Kier molecular flexibility index (Phi) is 12.4. The van der Waals surface area contributed by atoms with Crippen molar-refractivity contribution in [1.29, 1.82) is 0 Å². The molecular weight excluding hydrogens is 1230 g/mol. The smallest absolute Gasteiger partial charge is 0.257 e. The van der Waals surface area contributed by atoms with E-state index in [4.69, 9.17) is 8.83 Å². The second-order valence-corrected chi connectivity index (χ2v) is 28.3. The van der Waals surface area contributed by atoms with Crippen molar-refractivity contribution in [3.05, 3.63) is 333 Å². The highest BCUT2D eigenvalue weighted by atomic mass is 16.3. The first-order valence-electron chi connectivity index (χ1n) is 35.0. The second-order valence-electron chi connectivity index (χ2n) is 28.3. The van der Waals surface area contributed by atoms with Crippen LogP contribution < -0.4 is 26.2 Å². The van der Waals surface area contributed by atoms with Gasteiger partial charge >= 0.3 is 0 Å². The molecule has 0 saturated heterocycles. The fourth-order valence-corrected chi connectivity index (χ4v) is 17.1. The van der Waals surface area contributed by atoms with Crippen molar-refractivity contribution in [2.24, 2.45) is 0 Å². The summed E-state index contributed by atoms with van der Waals surface area (Å²) in [5.41, 5.74) is 29.5. The number of anilines is 6. The first-order valence-corrected chi connectivity index (χ1v) is 35.0. The number of hydrogen-bond acceptors (Lipinski definition) is 4. The molecule has 2 aliphatic heterocycles. The zero-order valence-corrected chi connectivity index (χ0v) is 55.9. The SMILES string of the molecule is CC(C)(C)c1ccc2c(c1)c1cc(-c3ccccc3)ccc1n2-c1ccc2c(c1)N(c1ccccc1-c1ccccc1)c1cc(-n3c4ccccc4c4ccccc43)cc3c1B2c1c(c2oc4ccccc4c2c2c1oc1ccccc12)N3c1cc(-c2ccccc2)cc(-c2ccccc2)c1. The van der Waals surface area contributed by atoms with Crippen molar-refractivity contribution in [3.63, 3.8) is 0 Å². The molecular formula is C94H63BN4O2. The lowest BCUT2D eigenvalue weighted by Gasteiger charge is -2.45. The van der Waals surface area contributed by atoms with Crippen LogP contribution in [0.15, 0.2) is 336 Å². The Bertz CT molecular complexity index is 6520. The molecule has 0 amide bonds. The molecule has 0 atom stereocenters. The maximum atomic E-state index is 7.71. The van der Waals surface area contributed by atoms with Crippen molar-refractivity contribution in [1.82, 2.24) is 9.13 Å². The van der Waals surface area contributed by atoms with Crippen LogP contribution in [-0.2, 0) is 5.41 Å². The molecule has 4 aromatic heterocycles. The van der Waals surface area contributed by atoms with Crippen molar-refractivity contribution in [2.75, 3.05) is 9.80 Å². The van der Waals surface area contributed by atoms with Gasteiger partial charge in [0, 0.05) is 82.6 Å². The summed E-state index contributed by atoms with van der Waals surface area (Å²) < 4.78 is 20.4. The molecule has 15 aromatic carbocycles.